The zero-order chi connectivity index (χ0) is 27.8. The summed E-state index contributed by atoms with van der Waals surface area (Å²) in [6.45, 7) is 10.8. The summed E-state index contributed by atoms with van der Waals surface area (Å²) < 4.78 is 34.1. The Morgan fingerprint density at radius 1 is 1.00 bits per heavy atom. The Kier molecular flexibility index (Phi) is 7.68. The van der Waals surface area contributed by atoms with Gasteiger partial charge in [0.2, 0.25) is 5.91 Å². The SMILES string of the molecule is CC(C)(C)[Si](C)(C)OC(CCC1C(=O)N(c2ccc(F)cc2)C1c1ccc(N)cc1O)c1ccc(F)cc1. The molecule has 0 aliphatic carbocycles. The minimum atomic E-state index is -2.19. The molecular formula is C30H36F2N2O3Si. The number of carbonyl (C=O) groups is 1. The number of hydrogen-bond donors (Lipinski definition) is 2. The van der Waals surface area contributed by atoms with E-state index in [9.17, 15) is 18.7 Å². The van der Waals surface area contributed by atoms with Crippen LogP contribution in [0.1, 0.15) is 56.9 Å². The summed E-state index contributed by atoms with van der Waals surface area (Å²) in [6.07, 6.45) is 0.713. The fraction of sp³-hybridized carbons (Fsp3) is 0.367. The number of carbonyl (C=O) groups excluding carboxylic acids is 1. The van der Waals surface area contributed by atoms with Gasteiger partial charge in [-0.2, -0.15) is 0 Å². The molecule has 38 heavy (non-hydrogen) atoms. The van der Waals surface area contributed by atoms with E-state index in [2.05, 4.69) is 33.9 Å². The molecule has 1 heterocycles. The average Bonchev–Trinajstić information content (AvgIpc) is 2.83. The maximum Gasteiger partial charge on any atom is 0.233 e. The van der Waals surface area contributed by atoms with Crippen LogP contribution in [0.4, 0.5) is 20.2 Å². The van der Waals surface area contributed by atoms with Crippen LogP contribution in [0.3, 0.4) is 0 Å². The maximum atomic E-state index is 13.7. The van der Waals surface area contributed by atoms with Crippen LogP contribution in [-0.4, -0.2) is 19.3 Å². The molecule has 1 aliphatic heterocycles. The molecule has 1 amide bonds. The van der Waals surface area contributed by atoms with Crippen molar-refractivity contribution in [3.05, 3.63) is 89.5 Å². The van der Waals surface area contributed by atoms with Crippen molar-refractivity contribution in [3.8, 4) is 5.75 Å². The maximum absolute atomic E-state index is 13.7. The predicted molar refractivity (Wildman–Crippen MR) is 149 cm³/mol. The van der Waals surface area contributed by atoms with Crippen LogP contribution in [0.2, 0.25) is 18.1 Å². The highest BCUT2D eigenvalue weighted by atomic mass is 28.4. The number of phenolic OH excluding ortho intramolecular Hbond substituents is 1. The molecule has 3 atom stereocenters. The molecule has 0 bridgehead atoms. The molecular weight excluding hydrogens is 502 g/mol. The lowest BCUT2D eigenvalue weighted by Crippen LogP contribution is -2.55. The van der Waals surface area contributed by atoms with Crippen molar-refractivity contribution in [1.82, 2.24) is 0 Å². The Morgan fingerprint density at radius 3 is 2.13 bits per heavy atom. The number of halogens is 2. The van der Waals surface area contributed by atoms with Crippen LogP contribution in [0, 0.1) is 17.6 Å². The number of benzene rings is 3. The number of nitrogen functional groups attached to an aromatic ring is 1. The third-order valence-corrected chi connectivity index (χ3v) is 12.4. The molecule has 1 aliphatic rings. The molecule has 5 nitrogen and oxygen atoms in total. The molecule has 3 unspecified atom stereocenters. The molecule has 3 aromatic rings. The van der Waals surface area contributed by atoms with Crippen molar-refractivity contribution in [3.63, 3.8) is 0 Å². The van der Waals surface area contributed by atoms with Gasteiger partial charge in [0.05, 0.1) is 18.1 Å². The lowest BCUT2D eigenvalue weighted by Gasteiger charge is -2.48. The van der Waals surface area contributed by atoms with Crippen LogP contribution < -0.4 is 10.6 Å². The second-order valence-electron chi connectivity index (χ2n) is 11.5. The summed E-state index contributed by atoms with van der Waals surface area (Å²) in [4.78, 5) is 15.1. The number of rotatable bonds is 8. The summed E-state index contributed by atoms with van der Waals surface area (Å²) in [5.41, 5.74) is 8.28. The highest BCUT2D eigenvalue weighted by Crippen LogP contribution is 2.49. The first kappa shape index (κ1) is 27.8. The largest absolute Gasteiger partial charge is 0.508 e. The number of aromatic hydroxyl groups is 1. The monoisotopic (exact) mass is 538 g/mol. The Hall–Kier alpha value is -3.23. The van der Waals surface area contributed by atoms with E-state index < -0.39 is 26.1 Å². The van der Waals surface area contributed by atoms with Crippen molar-refractivity contribution in [1.29, 1.82) is 0 Å². The van der Waals surface area contributed by atoms with E-state index in [0.29, 0.717) is 29.8 Å². The van der Waals surface area contributed by atoms with Gasteiger partial charge in [0.1, 0.15) is 17.4 Å². The van der Waals surface area contributed by atoms with Crippen LogP contribution in [0.15, 0.2) is 66.7 Å². The van der Waals surface area contributed by atoms with Gasteiger partial charge in [0, 0.05) is 23.0 Å². The molecule has 202 valence electrons. The molecule has 1 fully saturated rings. The van der Waals surface area contributed by atoms with Crippen LogP contribution in [0.25, 0.3) is 0 Å². The van der Waals surface area contributed by atoms with Gasteiger partial charge in [-0.05, 0) is 79.0 Å². The topological polar surface area (TPSA) is 75.8 Å². The Morgan fingerprint density at radius 2 is 1.58 bits per heavy atom. The van der Waals surface area contributed by atoms with Gasteiger partial charge in [-0.3, -0.25) is 4.79 Å². The van der Waals surface area contributed by atoms with Gasteiger partial charge in [0.25, 0.3) is 0 Å². The van der Waals surface area contributed by atoms with E-state index in [4.69, 9.17) is 10.2 Å². The number of phenols is 1. The van der Waals surface area contributed by atoms with Crippen LogP contribution in [0.5, 0.6) is 5.75 Å². The molecule has 0 radical (unpaired) electrons. The van der Waals surface area contributed by atoms with E-state index in [1.54, 1.807) is 41.3 Å². The van der Waals surface area contributed by atoms with E-state index in [-0.39, 0.29) is 28.6 Å². The van der Waals surface area contributed by atoms with Crippen molar-refractivity contribution in [2.45, 2.75) is 63.9 Å². The molecule has 1 saturated heterocycles. The zero-order valence-electron chi connectivity index (χ0n) is 22.5. The average molecular weight is 539 g/mol. The standard InChI is InChI=1S/C30H36F2N2O3Si/c1-30(2,3)38(4,5)37-27(19-6-8-20(31)9-7-19)17-16-25-28(24-15-12-22(33)18-26(24)35)34(29(25)36)23-13-10-21(32)11-14-23/h6-15,18,25,27-28,35H,16-17,33H2,1-5H3. The molecule has 4 rings (SSSR count). The fourth-order valence-corrected chi connectivity index (χ4v) is 6.04. The quantitative estimate of drug-likeness (QED) is 0.177. The molecule has 0 saturated carbocycles. The van der Waals surface area contributed by atoms with Gasteiger partial charge in [-0.15, -0.1) is 0 Å². The lowest BCUT2D eigenvalue weighted by atomic mass is 9.78. The second kappa shape index (κ2) is 10.5. The summed E-state index contributed by atoms with van der Waals surface area (Å²) in [5, 5.41) is 10.7. The molecule has 3 N–H and O–H groups in total. The lowest BCUT2D eigenvalue weighted by molar-refractivity contribution is -0.131. The van der Waals surface area contributed by atoms with Gasteiger partial charge in [-0.1, -0.05) is 39.0 Å². The predicted octanol–water partition coefficient (Wildman–Crippen LogP) is 7.50. The molecule has 8 heteroatoms. The van der Waals surface area contributed by atoms with E-state index in [1.165, 1.54) is 30.3 Å². The number of nitrogens with zero attached hydrogens (tertiary/aromatic N) is 1. The van der Waals surface area contributed by atoms with Gasteiger partial charge >= 0.3 is 0 Å². The minimum Gasteiger partial charge on any atom is -0.508 e. The van der Waals surface area contributed by atoms with Crippen LogP contribution in [-0.2, 0) is 9.22 Å². The Labute approximate surface area is 224 Å². The fourth-order valence-electron chi connectivity index (χ4n) is 4.72. The van der Waals surface area contributed by atoms with Crippen molar-refractivity contribution in [2.24, 2.45) is 5.92 Å². The zero-order valence-corrected chi connectivity index (χ0v) is 23.5. The third-order valence-electron chi connectivity index (χ3n) is 7.92. The smallest absolute Gasteiger partial charge is 0.233 e. The van der Waals surface area contributed by atoms with Crippen LogP contribution >= 0.6 is 0 Å². The minimum absolute atomic E-state index is 0.00668. The summed E-state index contributed by atoms with van der Waals surface area (Å²) in [5.74, 6) is -1.24. The van der Waals surface area contributed by atoms with Crippen molar-refractivity contribution >= 4 is 25.6 Å². The molecule has 0 aromatic heterocycles. The summed E-state index contributed by atoms with van der Waals surface area (Å²) in [7, 11) is -2.19. The first-order valence-electron chi connectivity index (χ1n) is 12.9. The number of hydrogen-bond acceptors (Lipinski definition) is 4. The number of nitrogens with two attached hydrogens (primary N) is 1. The first-order chi connectivity index (χ1) is 17.8. The van der Waals surface area contributed by atoms with Crippen molar-refractivity contribution in [2.75, 3.05) is 10.6 Å². The number of β-lactam (4-membered cyclic amide) rings is 1. The van der Waals surface area contributed by atoms with Gasteiger partial charge in [0.15, 0.2) is 8.32 Å². The van der Waals surface area contributed by atoms with Gasteiger partial charge in [-0.25, -0.2) is 8.78 Å². The molecule has 0 spiro atoms. The highest BCUT2D eigenvalue weighted by molar-refractivity contribution is 6.74. The number of amides is 1. The number of anilines is 2. The first-order valence-corrected chi connectivity index (χ1v) is 15.8. The summed E-state index contributed by atoms with van der Waals surface area (Å²) in [6, 6.07) is 16.5. The van der Waals surface area contributed by atoms with E-state index in [1.807, 2.05) is 0 Å². The molecule has 3 aromatic carbocycles. The Balaban J connectivity index is 1.64. The van der Waals surface area contributed by atoms with E-state index in [0.717, 1.165) is 5.56 Å². The second-order valence-corrected chi connectivity index (χ2v) is 16.3. The Bertz CT molecular complexity index is 1290. The van der Waals surface area contributed by atoms with E-state index >= 15 is 0 Å². The van der Waals surface area contributed by atoms with Crippen molar-refractivity contribution < 1.29 is 23.1 Å². The summed E-state index contributed by atoms with van der Waals surface area (Å²) >= 11 is 0. The third kappa shape index (κ3) is 5.61. The normalized spacial score (nSPS) is 18.8. The highest BCUT2D eigenvalue weighted by Gasteiger charge is 2.50. The van der Waals surface area contributed by atoms with Gasteiger partial charge < -0.3 is 20.2 Å².